The molecule has 6 nitrogen and oxygen atoms in total. The fourth-order valence-electron chi connectivity index (χ4n) is 1.31. The topological polar surface area (TPSA) is 95.9 Å². The summed E-state index contributed by atoms with van der Waals surface area (Å²) >= 11 is 0. The van der Waals surface area contributed by atoms with Gasteiger partial charge in [-0.2, -0.15) is 0 Å². The third kappa shape index (κ3) is 5.11. The van der Waals surface area contributed by atoms with Crippen molar-refractivity contribution in [3.05, 3.63) is 29.8 Å². The minimum Gasteiger partial charge on any atom is -0.444 e. The van der Waals surface area contributed by atoms with E-state index in [-0.39, 0.29) is 11.0 Å². The van der Waals surface area contributed by atoms with Crippen LogP contribution in [0.5, 0.6) is 0 Å². The van der Waals surface area contributed by atoms with Gasteiger partial charge in [-0.1, -0.05) is 12.1 Å². The summed E-state index contributed by atoms with van der Waals surface area (Å²) in [7, 11) is -1.67. The molecule has 1 aromatic rings. The van der Waals surface area contributed by atoms with Crippen molar-refractivity contribution in [1.82, 2.24) is 5.32 Å². The zero-order chi connectivity index (χ0) is 14.6. The van der Waals surface area contributed by atoms with Gasteiger partial charge in [0.15, 0.2) is 0 Å². The van der Waals surface area contributed by atoms with E-state index in [1.54, 1.807) is 20.8 Å². The number of carbonyl (C=O) groups excluding carboxylic acids is 2. The largest absolute Gasteiger partial charge is 0.488 e. The second-order valence-electron chi connectivity index (χ2n) is 4.96. The highest BCUT2D eigenvalue weighted by Gasteiger charge is 2.19. The molecule has 1 rings (SSSR count). The maximum atomic E-state index is 11.7. The summed E-state index contributed by atoms with van der Waals surface area (Å²) in [5.74, 6) is -0.670. The molecule has 0 saturated carbocycles. The molecule has 0 aliphatic heterocycles. The molecule has 1 aromatic carbocycles. The highest BCUT2D eigenvalue weighted by atomic mass is 16.6. The Morgan fingerprint density at radius 1 is 1.26 bits per heavy atom. The van der Waals surface area contributed by atoms with Gasteiger partial charge in [0, 0.05) is 5.56 Å². The highest BCUT2D eigenvalue weighted by molar-refractivity contribution is 6.58. The molecule has 0 bridgehead atoms. The molecule has 2 amide bonds. The number of ether oxygens (including phenoxy) is 1. The number of benzene rings is 1. The molecule has 0 aliphatic carbocycles. The van der Waals surface area contributed by atoms with Crippen LogP contribution in [-0.4, -0.2) is 34.8 Å². The lowest BCUT2D eigenvalue weighted by Crippen LogP contribution is -2.37. The van der Waals surface area contributed by atoms with E-state index in [1.165, 1.54) is 24.3 Å². The van der Waals surface area contributed by atoms with E-state index in [2.05, 4.69) is 5.32 Å². The van der Waals surface area contributed by atoms with Crippen molar-refractivity contribution >= 4 is 24.6 Å². The van der Waals surface area contributed by atoms with E-state index < -0.39 is 24.7 Å². The first kappa shape index (κ1) is 15.2. The van der Waals surface area contributed by atoms with Crippen LogP contribution in [-0.2, 0) is 4.74 Å². The maximum Gasteiger partial charge on any atom is 0.488 e. The van der Waals surface area contributed by atoms with Gasteiger partial charge in [0.25, 0.3) is 5.91 Å². The van der Waals surface area contributed by atoms with Crippen molar-refractivity contribution in [3.63, 3.8) is 0 Å². The fraction of sp³-hybridized carbons (Fsp3) is 0.333. The summed E-state index contributed by atoms with van der Waals surface area (Å²) in [5.41, 5.74) is -0.402. The quantitative estimate of drug-likeness (QED) is 0.656. The first-order valence-electron chi connectivity index (χ1n) is 5.69. The average Bonchev–Trinajstić information content (AvgIpc) is 2.26. The second kappa shape index (κ2) is 5.86. The standard InChI is InChI=1S/C12H16BNO5/c1-12(2,3)19-11(16)14-10(15)8-5-4-6-9(7-8)13(17)18/h4-7,17-18H,1-3H3,(H,14,15,16). The first-order valence-corrected chi connectivity index (χ1v) is 5.69. The van der Waals surface area contributed by atoms with E-state index in [1.807, 2.05) is 0 Å². The lowest BCUT2D eigenvalue weighted by molar-refractivity contribution is 0.0508. The van der Waals surface area contributed by atoms with Gasteiger partial charge in [0.1, 0.15) is 5.60 Å². The van der Waals surface area contributed by atoms with Crippen LogP contribution >= 0.6 is 0 Å². The van der Waals surface area contributed by atoms with Crippen LogP contribution in [0.2, 0.25) is 0 Å². The molecule has 0 fully saturated rings. The number of alkyl carbamates (subject to hydrolysis) is 1. The molecule has 19 heavy (non-hydrogen) atoms. The van der Waals surface area contributed by atoms with Crippen molar-refractivity contribution in [3.8, 4) is 0 Å². The summed E-state index contributed by atoms with van der Waals surface area (Å²) < 4.78 is 4.94. The molecule has 102 valence electrons. The Kier molecular flexibility index (Phi) is 4.69. The number of amides is 2. The van der Waals surface area contributed by atoms with E-state index in [4.69, 9.17) is 14.8 Å². The molecule has 0 radical (unpaired) electrons. The molecule has 3 N–H and O–H groups in total. The minimum absolute atomic E-state index is 0.136. The Labute approximate surface area is 111 Å². The predicted octanol–water partition coefficient (Wildman–Crippen LogP) is 0.0313. The molecule has 0 spiro atoms. The number of imide groups is 1. The molecule has 0 aromatic heterocycles. The summed E-state index contributed by atoms with van der Waals surface area (Å²) in [6, 6.07) is 5.67. The molecule has 0 aliphatic rings. The molecule has 0 saturated heterocycles. The van der Waals surface area contributed by atoms with Crippen LogP contribution in [0, 0.1) is 0 Å². The zero-order valence-electron chi connectivity index (χ0n) is 11.0. The van der Waals surface area contributed by atoms with E-state index in [0.717, 1.165) is 0 Å². The number of hydrogen-bond acceptors (Lipinski definition) is 5. The Morgan fingerprint density at radius 3 is 2.42 bits per heavy atom. The van der Waals surface area contributed by atoms with Gasteiger partial charge in [-0.15, -0.1) is 0 Å². The Morgan fingerprint density at radius 2 is 1.89 bits per heavy atom. The summed E-state index contributed by atoms with van der Waals surface area (Å²) in [6.45, 7) is 5.04. The van der Waals surface area contributed by atoms with Gasteiger partial charge < -0.3 is 14.8 Å². The smallest absolute Gasteiger partial charge is 0.444 e. The van der Waals surface area contributed by atoms with Crippen LogP contribution in [0.15, 0.2) is 24.3 Å². The molecule has 7 heteroatoms. The Bertz CT molecular complexity index is 481. The van der Waals surface area contributed by atoms with E-state index >= 15 is 0 Å². The SMILES string of the molecule is CC(C)(C)OC(=O)NC(=O)c1cccc(B(O)O)c1. The minimum atomic E-state index is -1.67. The zero-order valence-corrected chi connectivity index (χ0v) is 11.0. The predicted molar refractivity (Wildman–Crippen MR) is 70.0 cm³/mol. The van der Waals surface area contributed by atoms with E-state index in [9.17, 15) is 9.59 Å². The van der Waals surface area contributed by atoms with Crippen LogP contribution in [0.25, 0.3) is 0 Å². The third-order valence-corrected chi connectivity index (χ3v) is 2.06. The van der Waals surface area contributed by atoms with Gasteiger partial charge in [-0.05, 0) is 38.4 Å². The van der Waals surface area contributed by atoms with Gasteiger partial charge >= 0.3 is 13.2 Å². The van der Waals surface area contributed by atoms with Gasteiger partial charge in [0.2, 0.25) is 0 Å². The van der Waals surface area contributed by atoms with Crippen LogP contribution in [0.3, 0.4) is 0 Å². The van der Waals surface area contributed by atoms with E-state index in [0.29, 0.717) is 0 Å². The van der Waals surface area contributed by atoms with Crippen molar-refractivity contribution < 1.29 is 24.4 Å². The molecular weight excluding hydrogens is 249 g/mol. The van der Waals surface area contributed by atoms with Crippen LogP contribution in [0.4, 0.5) is 4.79 Å². The third-order valence-electron chi connectivity index (χ3n) is 2.06. The van der Waals surface area contributed by atoms with Crippen LogP contribution < -0.4 is 10.8 Å². The van der Waals surface area contributed by atoms with Gasteiger partial charge in [0.05, 0.1) is 0 Å². The molecule has 0 heterocycles. The summed E-state index contributed by atoms with van der Waals surface area (Å²) in [4.78, 5) is 23.1. The van der Waals surface area contributed by atoms with Gasteiger partial charge in [-0.3, -0.25) is 10.1 Å². The number of carbonyl (C=O) groups is 2. The number of nitrogens with one attached hydrogen (secondary N) is 1. The van der Waals surface area contributed by atoms with Gasteiger partial charge in [-0.25, -0.2) is 4.79 Å². The molecule has 0 atom stereocenters. The Balaban J connectivity index is 2.73. The average molecular weight is 265 g/mol. The number of rotatable bonds is 2. The normalized spacial score (nSPS) is 10.8. The lowest BCUT2D eigenvalue weighted by Gasteiger charge is -2.19. The lowest BCUT2D eigenvalue weighted by atomic mass is 9.79. The summed E-state index contributed by atoms with van der Waals surface area (Å²) in [5, 5.41) is 20.0. The van der Waals surface area contributed by atoms with Crippen molar-refractivity contribution in [1.29, 1.82) is 0 Å². The first-order chi connectivity index (χ1) is 8.69. The Hall–Kier alpha value is -1.86. The fourth-order valence-corrected chi connectivity index (χ4v) is 1.31. The van der Waals surface area contributed by atoms with Crippen molar-refractivity contribution in [2.24, 2.45) is 0 Å². The summed E-state index contributed by atoms with van der Waals surface area (Å²) in [6.07, 6.45) is -0.854. The number of hydrogen-bond donors (Lipinski definition) is 3. The molecule has 0 unspecified atom stereocenters. The maximum absolute atomic E-state index is 11.7. The molecular formula is C12H16BNO5. The van der Waals surface area contributed by atoms with Crippen molar-refractivity contribution in [2.75, 3.05) is 0 Å². The van der Waals surface area contributed by atoms with Crippen LogP contribution in [0.1, 0.15) is 31.1 Å². The monoisotopic (exact) mass is 265 g/mol. The highest BCUT2D eigenvalue weighted by Crippen LogP contribution is 2.07. The van der Waals surface area contributed by atoms with Crippen molar-refractivity contribution in [2.45, 2.75) is 26.4 Å². The second-order valence-corrected chi connectivity index (χ2v) is 4.96.